The zero-order valence-corrected chi connectivity index (χ0v) is 9.38. The Bertz CT molecular complexity index is 170. The molecule has 1 atom stereocenters. The van der Waals surface area contributed by atoms with Crippen molar-refractivity contribution in [1.29, 1.82) is 0 Å². The first-order chi connectivity index (χ1) is 6.66. The van der Waals surface area contributed by atoms with Crippen LogP contribution in [0.25, 0.3) is 0 Å². The van der Waals surface area contributed by atoms with Crippen LogP contribution in [0.1, 0.15) is 19.8 Å². The molecule has 0 heterocycles. The summed E-state index contributed by atoms with van der Waals surface area (Å²) in [4.78, 5) is 0. The zero-order valence-electron chi connectivity index (χ0n) is 9.38. The van der Waals surface area contributed by atoms with E-state index in [1.807, 2.05) is 6.92 Å². The third-order valence-corrected chi connectivity index (χ3v) is 2.86. The van der Waals surface area contributed by atoms with Crippen LogP contribution in [0.3, 0.4) is 0 Å². The first-order valence-corrected chi connectivity index (χ1v) is 5.17. The number of nitrogens with one attached hydrogen (secondary N) is 1. The molecule has 0 saturated heterocycles. The van der Waals surface area contributed by atoms with Crippen molar-refractivity contribution in [2.75, 3.05) is 27.3 Å². The third kappa shape index (κ3) is 2.92. The highest BCUT2D eigenvalue weighted by molar-refractivity contribution is 4.90. The molecule has 0 aromatic carbocycles. The topological polar surface area (TPSA) is 56.5 Å². The fraction of sp³-hybridized carbons (Fsp3) is 1.00. The van der Waals surface area contributed by atoms with Crippen LogP contribution >= 0.6 is 0 Å². The maximum Gasteiger partial charge on any atom is 0.175 e. The van der Waals surface area contributed by atoms with Gasteiger partial charge in [-0.1, -0.05) is 0 Å². The van der Waals surface area contributed by atoms with E-state index in [0.29, 0.717) is 6.54 Å². The summed E-state index contributed by atoms with van der Waals surface area (Å²) in [7, 11) is 3.28. The lowest BCUT2D eigenvalue weighted by atomic mass is 10.0. The summed E-state index contributed by atoms with van der Waals surface area (Å²) >= 11 is 0. The number of hydrogen-bond acceptors (Lipinski definition) is 4. The van der Waals surface area contributed by atoms with E-state index < -0.39 is 0 Å². The normalized spacial score (nSPS) is 21.2. The van der Waals surface area contributed by atoms with Crippen molar-refractivity contribution in [2.24, 2.45) is 11.7 Å². The van der Waals surface area contributed by atoms with Gasteiger partial charge in [0.15, 0.2) is 6.29 Å². The molecule has 0 aliphatic heterocycles. The number of ether oxygens (including phenoxy) is 2. The van der Waals surface area contributed by atoms with Gasteiger partial charge in [-0.2, -0.15) is 0 Å². The Balaban J connectivity index is 2.43. The van der Waals surface area contributed by atoms with E-state index >= 15 is 0 Å². The minimum atomic E-state index is -0.286. The molecule has 0 spiro atoms. The Morgan fingerprint density at radius 2 is 2.00 bits per heavy atom. The molecular weight excluding hydrogens is 180 g/mol. The van der Waals surface area contributed by atoms with Gasteiger partial charge in [-0.25, -0.2) is 0 Å². The van der Waals surface area contributed by atoms with Crippen LogP contribution in [0.15, 0.2) is 0 Å². The van der Waals surface area contributed by atoms with E-state index in [1.165, 1.54) is 12.8 Å². The Kier molecular flexibility index (Phi) is 4.31. The average Bonchev–Trinajstić information content (AvgIpc) is 3.00. The second-order valence-corrected chi connectivity index (χ2v) is 4.25. The van der Waals surface area contributed by atoms with Crippen molar-refractivity contribution in [3.63, 3.8) is 0 Å². The zero-order chi connectivity index (χ0) is 10.6. The summed E-state index contributed by atoms with van der Waals surface area (Å²) in [6.45, 7) is 3.55. The number of nitrogens with two attached hydrogens (primary N) is 1. The lowest BCUT2D eigenvalue weighted by Gasteiger charge is -2.35. The monoisotopic (exact) mass is 202 g/mol. The van der Waals surface area contributed by atoms with E-state index in [-0.39, 0.29) is 11.8 Å². The van der Waals surface area contributed by atoms with E-state index in [4.69, 9.17) is 15.2 Å². The summed E-state index contributed by atoms with van der Waals surface area (Å²) in [5.41, 5.74) is 5.46. The molecule has 84 valence electrons. The predicted molar refractivity (Wildman–Crippen MR) is 56.0 cm³/mol. The van der Waals surface area contributed by atoms with Crippen molar-refractivity contribution < 1.29 is 9.47 Å². The number of methoxy groups -OCH3 is 2. The highest BCUT2D eigenvalue weighted by Gasteiger charge is 2.35. The summed E-state index contributed by atoms with van der Waals surface area (Å²) < 4.78 is 10.5. The van der Waals surface area contributed by atoms with Crippen LogP contribution in [-0.2, 0) is 9.47 Å². The van der Waals surface area contributed by atoms with Crippen LogP contribution in [0, 0.1) is 5.92 Å². The first kappa shape index (κ1) is 11.9. The Morgan fingerprint density at radius 3 is 2.36 bits per heavy atom. The molecule has 1 rings (SSSR count). The summed E-state index contributed by atoms with van der Waals surface area (Å²) in [6, 6.07) is 0. The molecule has 1 fully saturated rings. The third-order valence-electron chi connectivity index (χ3n) is 2.86. The molecular formula is C10H22N2O2. The predicted octanol–water partition coefficient (Wildman–Crippen LogP) is 0.322. The second kappa shape index (κ2) is 5.07. The minimum absolute atomic E-state index is 0.286. The van der Waals surface area contributed by atoms with Gasteiger partial charge in [-0.05, 0) is 32.2 Å². The Labute approximate surface area is 86.1 Å². The lowest BCUT2D eigenvalue weighted by Crippen LogP contribution is -2.58. The maximum absolute atomic E-state index is 5.74. The van der Waals surface area contributed by atoms with Crippen LogP contribution in [0.5, 0.6) is 0 Å². The van der Waals surface area contributed by atoms with Crippen molar-refractivity contribution >= 4 is 0 Å². The standard InChI is InChI=1S/C10H22N2O2/c1-10(7-11,9(13-2)14-3)12-6-8-4-5-8/h8-9,12H,4-7,11H2,1-3H3. The number of hydrogen-bond donors (Lipinski definition) is 2. The van der Waals surface area contributed by atoms with Crippen LogP contribution < -0.4 is 11.1 Å². The SMILES string of the molecule is COC(OC)C(C)(CN)NCC1CC1. The lowest BCUT2D eigenvalue weighted by molar-refractivity contribution is -0.149. The fourth-order valence-corrected chi connectivity index (χ4v) is 1.57. The van der Waals surface area contributed by atoms with Gasteiger partial charge in [0.1, 0.15) is 0 Å². The van der Waals surface area contributed by atoms with Gasteiger partial charge in [0, 0.05) is 20.8 Å². The molecule has 3 N–H and O–H groups in total. The molecule has 4 heteroatoms. The summed E-state index contributed by atoms with van der Waals surface area (Å²) in [6.07, 6.45) is 2.38. The van der Waals surface area contributed by atoms with Crippen molar-refractivity contribution in [1.82, 2.24) is 5.32 Å². The van der Waals surface area contributed by atoms with Gasteiger partial charge in [0.25, 0.3) is 0 Å². The minimum Gasteiger partial charge on any atom is -0.354 e. The molecule has 1 saturated carbocycles. The molecule has 4 nitrogen and oxygen atoms in total. The van der Waals surface area contributed by atoms with Crippen LogP contribution in [0.4, 0.5) is 0 Å². The molecule has 0 aromatic heterocycles. The van der Waals surface area contributed by atoms with E-state index in [1.54, 1.807) is 14.2 Å². The van der Waals surface area contributed by atoms with Crippen molar-refractivity contribution in [3.8, 4) is 0 Å². The highest BCUT2D eigenvalue weighted by atomic mass is 16.7. The van der Waals surface area contributed by atoms with Gasteiger partial charge in [-0.3, -0.25) is 0 Å². The average molecular weight is 202 g/mol. The summed E-state index contributed by atoms with van der Waals surface area (Å²) in [5.74, 6) is 0.829. The Hall–Kier alpha value is -0.160. The van der Waals surface area contributed by atoms with Crippen LogP contribution in [-0.4, -0.2) is 39.1 Å². The molecule has 1 unspecified atom stereocenters. The van der Waals surface area contributed by atoms with E-state index in [2.05, 4.69) is 5.32 Å². The molecule has 0 amide bonds. The second-order valence-electron chi connectivity index (χ2n) is 4.25. The highest BCUT2D eigenvalue weighted by Crippen LogP contribution is 2.28. The molecule has 0 radical (unpaired) electrons. The molecule has 0 aromatic rings. The van der Waals surface area contributed by atoms with Crippen LogP contribution in [0.2, 0.25) is 0 Å². The van der Waals surface area contributed by atoms with Gasteiger partial charge in [0.05, 0.1) is 5.54 Å². The fourth-order valence-electron chi connectivity index (χ4n) is 1.57. The van der Waals surface area contributed by atoms with E-state index in [0.717, 1.165) is 12.5 Å². The largest absolute Gasteiger partial charge is 0.354 e. The van der Waals surface area contributed by atoms with Gasteiger partial charge < -0.3 is 20.5 Å². The Morgan fingerprint density at radius 1 is 1.43 bits per heavy atom. The van der Waals surface area contributed by atoms with Gasteiger partial charge in [-0.15, -0.1) is 0 Å². The molecule has 1 aliphatic rings. The number of rotatable bonds is 7. The molecule has 0 bridgehead atoms. The quantitative estimate of drug-likeness (QED) is 0.584. The van der Waals surface area contributed by atoms with Gasteiger partial charge >= 0.3 is 0 Å². The van der Waals surface area contributed by atoms with Gasteiger partial charge in [0.2, 0.25) is 0 Å². The molecule has 1 aliphatic carbocycles. The smallest absolute Gasteiger partial charge is 0.175 e. The van der Waals surface area contributed by atoms with Crippen molar-refractivity contribution in [2.45, 2.75) is 31.6 Å². The maximum atomic E-state index is 5.74. The first-order valence-electron chi connectivity index (χ1n) is 5.17. The molecule has 14 heavy (non-hydrogen) atoms. The van der Waals surface area contributed by atoms with E-state index in [9.17, 15) is 0 Å². The van der Waals surface area contributed by atoms with Crippen molar-refractivity contribution in [3.05, 3.63) is 0 Å². The summed E-state index contributed by atoms with van der Waals surface area (Å²) in [5, 5.41) is 3.43.